The van der Waals surface area contributed by atoms with E-state index in [9.17, 15) is 4.79 Å². The van der Waals surface area contributed by atoms with Crippen LogP contribution in [0, 0.1) is 0 Å². The lowest BCUT2D eigenvalue weighted by atomic mass is 10.1. The van der Waals surface area contributed by atoms with Gasteiger partial charge in [0.2, 0.25) is 0 Å². The molecular formula is C13H11N3O2. The van der Waals surface area contributed by atoms with Crippen molar-refractivity contribution < 1.29 is 9.90 Å². The lowest BCUT2D eigenvalue weighted by molar-refractivity contribution is 0.0691. The number of nitrogens with one attached hydrogen (secondary N) is 1. The predicted octanol–water partition coefficient (Wildman–Crippen LogP) is 2.27. The van der Waals surface area contributed by atoms with Gasteiger partial charge in [0.25, 0.3) is 0 Å². The first-order chi connectivity index (χ1) is 8.65. The molecule has 3 rings (SSSR count). The molecule has 2 N–H and O–H groups in total. The highest BCUT2D eigenvalue weighted by atomic mass is 16.4. The molecular weight excluding hydrogens is 230 g/mol. The van der Waals surface area contributed by atoms with E-state index in [0.717, 1.165) is 16.5 Å². The molecule has 0 aliphatic rings. The molecule has 0 unspecified atom stereocenters. The first kappa shape index (κ1) is 10.6. The van der Waals surface area contributed by atoms with Crippen LogP contribution in [-0.2, 0) is 7.05 Å². The Labute approximate surface area is 103 Å². The Morgan fingerprint density at radius 3 is 2.94 bits per heavy atom. The number of fused-ring (bicyclic) bond motifs is 1. The van der Waals surface area contributed by atoms with E-state index in [1.807, 2.05) is 42.1 Å². The topological polar surface area (TPSA) is 70.9 Å². The maximum absolute atomic E-state index is 10.8. The van der Waals surface area contributed by atoms with Crippen molar-refractivity contribution in [3.8, 4) is 11.4 Å². The van der Waals surface area contributed by atoms with Crippen molar-refractivity contribution in [2.45, 2.75) is 0 Å². The minimum atomic E-state index is -1.01. The summed E-state index contributed by atoms with van der Waals surface area (Å²) >= 11 is 0. The number of rotatable bonds is 2. The normalized spacial score (nSPS) is 10.9. The SMILES string of the molecule is Cn1ccc2cc(-c3ncc(C(=O)O)[nH]3)ccc21. The molecule has 0 bridgehead atoms. The van der Waals surface area contributed by atoms with Gasteiger partial charge in [-0.25, -0.2) is 9.78 Å². The number of nitrogens with zero attached hydrogens (tertiary/aromatic N) is 2. The molecule has 0 aliphatic heterocycles. The first-order valence-corrected chi connectivity index (χ1v) is 5.49. The van der Waals surface area contributed by atoms with Crippen LogP contribution in [-0.4, -0.2) is 25.6 Å². The van der Waals surface area contributed by atoms with Crippen LogP contribution in [0.15, 0.2) is 36.7 Å². The summed E-state index contributed by atoms with van der Waals surface area (Å²) in [6, 6.07) is 7.92. The third-order valence-corrected chi connectivity index (χ3v) is 2.96. The van der Waals surface area contributed by atoms with Gasteiger partial charge in [0, 0.05) is 29.7 Å². The summed E-state index contributed by atoms with van der Waals surface area (Å²) in [5.74, 6) is -0.437. The molecule has 3 aromatic rings. The Balaban J connectivity index is 2.10. The van der Waals surface area contributed by atoms with Gasteiger partial charge >= 0.3 is 5.97 Å². The number of aromatic nitrogens is 3. The zero-order valence-corrected chi connectivity index (χ0v) is 9.71. The fourth-order valence-electron chi connectivity index (χ4n) is 2.01. The van der Waals surface area contributed by atoms with E-state index in [-0.39, 0.29) is 5.69 Å². The summed E-state index contributed by atoms with van der Waals surface area (Å²) in [5.41, 5.74) is 2.10. The Bertz CT molecular complexity index is 740. The number of carbonyl (C=O) groups is 1. The van der Waals surface area contributed by atoms with Crippen molar-refractivity contribution in [2.75, 3.05) is 0 Å². The zero-order valence-electron chi connectivity index (χ0n) is 9.71. The molecule has 0 aliphatic carbocycles. The highest BCUT2D eigenvalue weighted by Crippen LogP contribution is 2.22. The zero-order chi connectivity index (χ0) is 12.7. The molecule has 0 saturated heterocycles. The van der Waals surface area contributed by atoms with E-state index in [2.05, 4.69) is 9.97 Å². The number of carboxylic acids is 1. The summed E-state index contributed by atoms with van der Waals surface area (Å²) in [6.07, 6.45) is 3.31. The van der Waals surface area contributed by atoms with Crippen LogP contribution in [0.3, 0.4) is 0 Å². The summed E-state index contributed by atoms with van der Waals surface area (Å²) in [6.45, 7) is 0. The molecule has 18 heavy (non-hydrogen) atoms. The quantitative estimate of drug-likeness (QED) is 0.723. The van der Waals surface area contributed by atoms with E-state index in [4.69, 9.17) is 5.11 Å². The van der Waals surface area contributed by atoms with E-state index >= 15 is 0 Å². The maximum Gasteiger partial charge on any atom is 0.353 e. The van der Waals surface area contributed by atoms with Gasteiger partial charge in [-0.3, -0.25) is 0 Å². The van der Waals surface area contributed by atoms with Crippen LogP contribution < -0.4 is 0 Å². The Kier molecular flexibility index (Phi) is 2.19. The minimum Gasteiger partial charge on any atom is -0.477 e. The molecule has 5 nitrogen and oxygen atoms in total. The highest BCUT2D eigenvalue weighted by molar-refractivity contribution is 5.87. The average molecular weight is 241 g/mol. The van der Waals surface area contributed by atoms with Crippen molar-refractivity contribution in [3.63, 3.8) is 0 Å². The Morgan fingerprint density at radius 2 is 2.22 bits per heavy atom. The summed E-state index contributed by atoms with van der Waals surface area (Å²) in [5, 5.41) is 9.95. The van der Waals surface area contributed by atoms with Gasteiger partial charge in [-0.2, -0.15) is 0 Å². The second-order valence-corrected chi connectivity index (χ2v) is 4.15. The van der Waals surface area contributed by atoms with Crippen LogP contribution >= 0.6 is 0 Å². The van der Waals surface area contributed by atoms with Crippen LogP contribution in [0.25, 0.3) is 22.3 Å². The lowest BCUT2D eigenvalue weighted by Gasteiger charge is -1.99. The van der Waals surface area contributed by atoms with Gasteiger partial charge in [0.15, 0.2) is 0 Å². The van der Waals surface area contributed by atoms with Gasteiger partial charge in [-0.1, -0.05) is 0 Å². The third kappa shape index (κ3) is 1.57. The molecule has 0 fully saturated rings. The summed E-state index contributed by atoms with van der Waals surface area (Å²) in [7, 11) is 1.98. The van der Waals surface area contributed by atoms with Crippen LogP contribution in [0.2, 0.25) is 0 Å². The average Bonchev–Trinajstić information content (AvgIpc) is 2.96. The maximum atomic E-state index is 10.8. The number of aromatic carboxylic acids is 1. The monoisotopic (exact) mass is 241 g/mol. The van der Waals surface area contributed by atoms with Gasteiger partial charge in [0.1, 0.15) is 11.5 Å². The number of aryl methyl sites for hydroxylation is 1. The summed E-state index contributed by atoms with van der Waals surface area (Å²) in [4.78, 5) is 17.6. The van der Waals surface area contributed by atoms with Crippen LogP contribution in [0.1, 0.15) is 10.5 Å². The Hall–Kier alpha value is -2.56. The van der Waals surface area contributed by atoms with Crippen LogP contribution in [0.4, 0.5) is 0 Å². The van der Waals surface area contributed by atoms with Gasteiger partial charge < -0.3 is 14.7 Å². The van der Waals surface area contributed by atoms with E-state index < -0.39 is 5.97 Å². The molecule has 5 heteroatoms. The largest absolute Gasteiger partial charge is 0.477 e. The molecule has 0 atom stereocenters. The fourth-order valence-corrected chi connectivity index (χ4v) is 2.01. The predicted molar refractivity (Wildman–Crippen MR) is 67.5 cm³/mol. The molecule has 90 valence electrons. The standard InChI is InChI=1S/C13H11N3O2/c1-16-5-4-8-6-9(2-3-11(8)16)12-14-7-10(15-12)13(17)18/h2-7H,1H3,(H,14,15)(H,17,18). The highest BCUT2D eigenvalue weighted by Gasteiger charge is 2.09. The van der Waals surface area contributed by atoms with Gasteiger partial charge in [-0.15, -0.1) is 0 Å². The lowest BCUT2D eigenvalue weighted by Crippen LogP contribution is -1.95. The number of aromatic amines is 1. The fraction of sp³-hybridized carbons (Fsp3) is 0.0769. The minimum absolute atomic E-state index is 0.0955. The molecule has 0 saturated carbocycles. The van der Waals surface area contributed by atoms with Gasteiger partial charge in [0.05, 0.1) is 6.20 Å². The molecule has 0 radical (unpaired) electrons. The molecule has 0 spiro atoms. The molecule has 1 aromatic carbocycles. The van der Waals surface area contributed by atoms with E-state index in [1.54, 1.807) is 0 Å². The molecule has 2 heterocycles. The van der Waals surface area contributed by atoms with E-state index in [0.29, 0.717) is 5.82 Å². The van der Waals surface area contributed by atoms with Crippen LogP contribution in [0.5, 0.6) is 0 Å². The Morgan fingerprint density at radius 1 is 1.39 bits per heavy atom. The van der Waals surface area contributed by atoms with Gasteiger partial charge in [-0.05, 0) is 24.3 Å². The van der Waals surface area contributed by atoms with E-state index in [1.165, 1.54) is 6.20 Å². The number of hydrogen-bond donors (Lipinski definition) is 2. The van der Waals surface area contributed by atoms with Crippen molar-refractivity contribution in [1.82, 2.24) is 14.5 Å². The van der Waals surface area contributed by atoms with Crippen molar-refractivity contribution in [3.05, 3.63) is 42.4 Å². The van der Waals surface area contributed by atoms with Crippen molar-refractivity contribution >= 4 is 16.9 Å². The number of H-pyrrole nitrogens is 1. The molecule has 0 amide bonds. The van der Waals surface area contributed by atoms with Crippen molar-refractivity contribution in [1.29, 1.82) is 0 Å². The smallest absolute Gasteiger partial charge is 0.353 e. The number of hydrogen-bond acceptors (Lipinski definition) is 2. The third-order valence-electron chi connectivity index (χ3n) is 2.96. The number of benzene rings is 1. The summed E-state index contributed by atoms with van der Waals surface area (Å²) < 4.78 is 2.03. The second-order valence-electron chi connectivity index (χ2n) is 4.15. The second kappa shape index (κ2) is 3.73. The number of imidazole rings is 1. The number of carboxylic acid groups (broad SMARTS) is 1. The van der Waals surface area contributed by atoms with Crippen molar-refractivity contribution in [2.24, 2.45) is 7.05 Å². The first-order valence-electron chi connectivity index (χ1n) is 5.49. The molecule has 2 aromatic heterocycles.